The van der Waals surface area contributed by atoms with Gasteiger partial charge in [0.25, 0.3) is 5.91 Å². The van der Waals surface area contributed by atoms with E-state index in [4.69, 9.17) is 0 Å². The van der Waals surface area contributed by atoms with Gasteiger partial charge in [-0.25, -0.2) is 4.39 Å². The van der Waals surface area contributed by atoms with Crippen LogP contribution >= 0.6 is 0 Å². The van der Waals surface area contributed by atoms with E-state index in [0.717, 1.165) is 31.4 Å². The van der Waals surface area contributed by atoms with Crippen molar-refractivity contribution in [1.82, 2.24) is 10.6 Å². The van der Waals surface area contributed by atoms with Crippen LogP contribution in [0.5, 0.6) is 0 Å². The van der Waals surface area contributed by atoms with Gasteiger partial charge in [0, 0.05) is 18.8 Å². The maximum absolute atomic E-state index is 13.0. The lowest BCUT2D eigenvalue weighted by Crippen LogP contribution is -2.49. The van der Waals surface area contributed by atoms with E-state index in [1.54, 1.807) is 36.4 Å². The molecule has 2 aromatic carbocycles. The normalized spacial score (nSPS) is 16.1. The molecule has 0 aliphatic heterocycles. The van der Waals surface area contributed by atoms with Gasteiger partial charge in [0.1, 0.15) is 11.9 Å². The van der Waals surface area contributed by atoms with E-state index in [2.05, 4.69) is 16.0 Å². The van der Waals surface area contributed by atoms with Crippen molar-refractivity contribution in [1.29, 1.82) is 0 Å². The van der Waals surface area contributed by atoms with E-state index < -0.39 is 18.1 Å². The fraction of sp³-hybridized carbons (Fsp3) is 0.440. The van der Waals surface area contributed by atoms with Crippen molar-refractivity contribution in [2.45, 2.75) is 50.7 Å². The van der Waals surface area contributed by atoms with Gasteiger partial charge in [-0.3, -0.25) is 9.59 Å². The van der Waals surface area contributed by atoms with E-state index in [1.165, 1.54) is 18.6 Å². The number of nitrogens with one attached hydrogen (secondary N) is 3. The Balaban J connectivity index is 1.54. The number of hydrogen-bond donors (Lipinski definition) is 4. The number of carbonyl (C=O) groups excluding carboxylic acids is 2. The molecule has 4 N–H and O–H groups in total. The smallest absolute Gasteiger partial charge is 0.254 e. The summed E-state index contributed by atoms with van der Waals surface area (Å²) < 4.78 is 13.0. The molecule has 3 rings (SSSR count). The van der Waals surface area contributed by atoms with Gasteiger partial charge in [0.15, 0.2) is 6.10 Å². The first-order chi connectivity index (χ1) is 15.5. The van der Waals surface area contributed by atoms with Crippen molar-refractivity contribution in [2.75, 3.05) is 18.4 Å². The minimum atomic E-state index is -1.32. The van der Waals surface area contributed by atoms with Crippen LogP contribution in [0.3, 0.4) is 0 Å². The lowest BCUT2D eigenvalue weighted by molar-refractivity contribution is -0.134. The van der Waals surface area contributed by atoms with Crippen molar-refractivity contribution in [3.8, 4) is 0 Å². The summed E-state index contributed by atoms with van der Waals surface area (Å²) in [4.78, 5) is 25.5. The fourth-order valence-electron chi connectivity index (χ4n) is 4.11. The maximum Gasteiger partial charge on any atom is 0.254 e. The molecule has 7 heteroatoms. The van der Waals surface area contributed by atoms with Crippen molar-refractivity contribution in [3.05, 3.63) is 66.0 Å². The van der Waals surface area contributed by atoms with Gasteiger partial charge in [-0.05, 0) is 42.2 Å². The van der Waals surface area contributed by atoms with Crippen LogP contribution in [-0.4, -0.2) is 36.1 Å². The minimum absolute atomic E-state index is 0.259. The molecule has 0 heterocycles. The predicted molar refractivity (Wildman–Crippen MR) is 122 cm³/mol. The second-order valence-corrected chi connectivity index (χ2v) is 8.34. The lowest BCUT2D eigenvalue weighted by Gasteiger charge is -2.27. The molecule has 172 valence electrons. The third-order valence-electron chi connectivity index (χ3n) is 5.89. The summed E-state index contributed by atoms with van der Waals surface area (Å²) in [6, 6.07) is 14.0. The van der Waals surface area contributed by atoms with Crippen molar-refractivity contribution >= 4 is 17.5 Å². The molecule has 2 aromatic rings. The van der Waals surface area contributed by atoms with Crippen LogP contribution in [0.1, 0.15) is 50.2 Å². The highest BCUT2D eigenvalue weighted by Gasteiger charge is 2.28. The average molecular weight is 442 g/mol. The van der Waals surface area contributed by atoms with E-state index in [9.17, 15) is 19.1 Å². The topological polar surface area (TPSA) is 90.5 Å². The first-order valence-corrected chi connectivity index (χ1v) is 11.3. The minimum Gasteiger partial charge on any atom is -0.383 e. The Labute approximate surface area is 188 Å². The van der Waals surface area contributed by atoms with Crippen LogP contribution in [-0.2, 0) is 9.59 Å². The zero-order valence-electron chi connectivity index (χ0n) is 18.2. The van der Waals surface area contributed by atoms with Crippen molar-refractivity contribution < 1.29 is 19.1 Å². The third-order valence-corrected chi connectivity index (χ3v) is 5.89. The quantitative estimate of drug-likeness (QED) is 0.425. The van der Waals surface area contributed by atoms with Crippen LogP contribution in [0, 0.1) is 11.7 Å². The van der Waals surface area contributed by atoms with E-state index in [-0.39, 0.29) is 11.7 Å². The largest absolute Gasteiger partial charge is 0.383 e. The van der Waals surface area contributed by atoms with Crippen molar-refractivity contribution in [2.24, 2.45) is 5.92 Å². The zero-order valence-corrected chi connectivity index (χ0v) is 18.2. The molecule has 32 heavy (non-hydrogen) atoms. The number of carbonyl (C=O) groups is 2. The zero-order chi connectivity index (χ0) is 22.8. The molecule has 0 bridgehead atoms. The molecule has 0 spiro atoms. The van der Waals surface area contributed by atoms with Gasteiger partial charge in [-0.1, -0.05) is 62.4 Å². The van der Waals surface area contributed by atoms with E-state index in [0.29, 0.717) is 31.0 Å². The maximum atomic E-state index is 13.0. The Hall–Kier alpha value is -2.93. The third kappa shape index (κ3) is 7.34. The molecular formula is C25H32FN3O3. The van der Waals surface area contributed by atoms with E-state index >= 15 is 0 Å². The molecule has 0 aromatic heterocycles. The highest BCUT2D eigenvalue weighted by Crippen LogP contribution is 2.27. The fourth-order valence-corrected chi connectivity index (χ4v) is 4.11. The summed E-state index contributed by atoms with van der Waals surface area (Å²) in [6.07, 6.45) is 4.83. The number of halogens is 1. The summed E-state index contributed by atoms with van der Waals surface area (Å²) in [5.74, 6) is -0.754. The van der Waals surface area contributed by atoms with Gasteiger partial charge in [-0.2, -0.15) is 0 Å². The van der Waals surface area contributed by atoms with Crippen LogP contribution in [0.25, 0.3) is 0 Å². The molecule has 0 saturated heterocycles. The molecule has 2 amide bonds. The van der Waals surface area contributed by atoms with Crippen LogP contribution < -0.4 is 16.0 Å². The first kappa shape index (κ1) is 23.7. The molecule has 1 aliphatic rings. The Kier molecular flexibility index (Phi) is 9.04. The summed E-state index contributed by atoms with van der Waals surface area (Å²) in [6.45, 7) is 0.822. The van der Waals surface area contributed by atoms with Crippen molar-refractivity contribution in [3.63, 3.8) is 0 Å². The monoisotopic (exact) mass is 441 g/mol. The molecule has 1 aliphatic carbocycles. The van der Waals surface area contributed by atoms with Gasteiger partial charge in [0.2, 0.25) is 5.91 Å². The highest BCUT2D eigenvalue weighted by atomic mass is 19.1. The molecule has 2 atom stereocenters. The van der Waals surface area contributed by atoms with Gasteiger partial charge >= 0.3 is 0 Å². The molecule has 1 fully saturated rings. The molecule has 6 nitrogen and oxygen atoms in total. The van der Waals surface area contributed by atoms with Gasteiger partial charge in [0.05, 0.1) is 0 Å². The first-order valence-electron chi connectivity index (χ1n) is 11.3. The number of anilines is 1. The lowest BCUT2D eigenvalue weighted by atomic mass is 9.84. The SMILES string of the molecule is O=C(NCCNc1ccc(F)cc1)C(CC1CCCCC1)NC(=O)[C@@H](O)c1ccccc1. The van der Waals surface area contributed by atoms with Crippen LogP contribution in [0.4, 0.5) is 10.1 Å². The molecule has 0 radical (unpaired) electrons. The summed E-state index contributed by atoms with van der Waals surface area (Å²) in [7, 11) is 0. The highest BCUT2D eigenvalue weighted by molar-refractivity contribution is 5.89. The number of rotatable bonds is 10. The Morgan fingerprint density at radius 3 is 2.31 bits per heavy atom. The van der Waals surface area contributed by atoms with E-state index in [1.807, 2.05) is 6.07 Å². The molecular weight excluding hydrogens is 409 g/mol. The number of amides is 2. The Bertz CT molecular complexity index is 854. The average Bonchev–Trinajstić information content (AvgIpc) is 2.83. The van der Waals surface area contributed by atoms with Crippen LogP contribution in [0.2, 0.25) is 0 Å². The summed E-state index contributed by atoms with van der Waals surface area (Å²) >= 11 is 0. The summed E-state index contributed by atoms with van der Waals surface area (Å²) in [5, 5.41) is 19.2. The summed E-state index contributed by atoms with van der Waals surface area (Å²) in [5.41, 5.74) is 1.25. The predicted octanol–water partition coefficient (Wildman–Crippen LogP) is 3.54. The number of hydrogen-bond acceptors (Lipinski definition) is 4. The second kappa shape index (κ2) is 12.2. The molecule has 1 unspecified atom stereocenters. The Morgan fingerprint density at radius 1 is 0.938 bits per heavy atom. The standard InChI is InChI=1S/C25H32FN3O3/c26-20-11-13-21(14-12-20)27-15-16-28-24(31)22(17-18-7-3-1-4-8-18)29-25(32)23(30)19-9-5-2-6-10-19/h2,5-6,9-14,18,22-23,27,30H,1,3-4,7-8,15-17H2,(H,28,31)(H,29,32)/t22?,23-/m0/s1. The van der Waals surface area contributed by atoms with Crippen LogP contribution in [0.15, 0.2) is 54.6 Å². The number of benzene rings is 2. The molecule has 1 saturated carbocycles. The van der Waals surface area contributed by atoms with Gasteiger partial charge < -0.3 is 21.1 Å². The Morgan fingerprint density at radius 2 is 1.62 bits per heavy atom. The number of aliphatic hydroxyl groups excluding tert-OH is 1. The second-order valence-electron chi connectivity index (χ2n) is 8.34. The number of aliphatic hydroxyl groups is 1. The van der Waals surface area contributed by atoms with Gasteiger partial charge in [-0.15, -0.1) is 0 Å².